The van der Waals surface area contributed by atoms with Crippen molar-refractivity contribution in [1.82, 2.24) is 15.2 Å². The van der Waals surface area contributed by atoms with Crippen molar-refractivity contribution < 1.29 is 19.1 Å². The van der Waals surface area contributed by atoms with Gasteiger partial charge in [0.15, 0.2) is 0 Å². The number of pyridine rings is 1. The molecule has 0 aliphatic heterocycles. The average Bonchev–Trinajstić information content (AvgIpc) is 2.97. The van der Waals surface area contributed by atoms with Crippen molar-refractivity contribution in [3.8, 4) is 5.75 Å². The number of unbranched alkanes of at least 4 members (excludes halogenated alkanes) is 1. The number of nitrogens with one attached hydrogen (secondary N) is 2. The molecule has 41 heavy (non-hydrogen) atoms. The zero-order chi connectivity index (χ0) is 29.6. The predicted octanol–water partition coefficient (Wildman–Crippen LogP) is 1.54. The van der Waals surface area contributed by atoms with Gasteiger partial charge in [-0.1, -0.05) is 43.7 Å². The number of carbonyl (C=O) groups excluding carboxylic acids is 3. The summed E-state index contributed by atoms with van der Waals surface area (Å²) in [6, 6.07) is 14.6. The largest absolute Gasteiger partial charge is 0.494 e. The van der Waals surface area contributed by atoms with Crippen LogP contribution in [0.25, 0.3) is 10.9 Å². The summed E-state index contributed by atoms with van der Waals surface area (Å²) in [6.07, 6.45) is 3.51. The molecule has 1 aromatic heterocycles. The van der Waals surface area contributed by atoms with E-state index in [0.29, 0.717) is 25.4 Å². The molecular weight excluding hydrogens is 522 g/mol. The van der Waals surface area contributed by atoms with E-state index in [2.05, 4.69) is 22.5 Å². The van der Waals surface area contributed by atoms with Gasteiger partial charge in [0.1, 0.15) is 11.8 Å². The number of rotatable bonds is 16. The lowest BCUT2D eigenvalue weighted by Gasteiger charge is -2.24. The Kier molecular flexibility index (Phi) is 12.5. The number of benzene rings is 2. The molecule has 11 heteroatoms. The summed E-state index contributed by atoms with van der Waals surface area (Å²) in [5.74, 6) is -0.653. The smallest absolute Gasteiger partial charge is 0.247 e. The van der Waals surface area contributed by atoms with Crippen LogP contribution in [-0.2, 0) is 20.8 Å². The van der Waals surface area contributed by atoms with Crippen molar-refractivity contribution >= 4 is 34.3 Å². The van der Waals surface area contributed by atoms with E-state index < -0.39 is 23.9 Å². The second-order valence-electron chi connectivity index (χ2n) is 9.79. The first-order valence-electron chi connectivity index (χ1n) is 14.0. The monoisotopic (exact) mass is 563 g/mol. The summed E-state index contributed by atoms with van der Waals surface area (Å²) in [6.45, 7) is 3.88. The Balaban J connectivity index is 1.74. The molecule has 3 aromatic rings. The molecule has 0 bridgehead atoms. The van der Waals surface area contributed by atoms with Gasteiger partial charge in [0.05, 0.1) is 36.5 Å². The van der Waals surface area contributed by atoms with E-state index >= 15 is 0 Å². The van der Waals surface area contributed by atoms with Gasteiger partial charge < -0.3 is 37.5 Å². The molecule has 0 aliphatic rings. The maximum Gasteiger partial charge on any atom is 0.247 e. The normalized spacial score (nSPS) is 12.4. The van der Waals surface area contributed by atoms with Crippen molar-refractivity contribution in [1.29, 1.82) is 0 Å². The minimum absolute atomic E-state index is 0.195. The molecule has 0 saturated heterocycles. The quantitative estimate of drug-likeness (QED) is 0.163. The van der Waals surface area contributed by atoms with Gasteiger partial charge in [-0.25, -0.2) is 0 Å². The van der Waals surface area contributed by atoms with Gasteiger partial charge in [-0.3, -0.25) is 19.4 Å². The number of nitrogens with two attached hydrogens (primary N) is 3. The molecule has 3 amide bonds. The van der Waals surface area contributed by atoms with Crippen molar-refractivity contribution in [2.75, 3.05) is 38.1 Å². The third-order valence-electron chi connectivity index (χ3n) is 6.50. The van der Waals surface area contributed by atoms with Gasteiger partial charge in [0.25, 0.3) is 0 Å². The Bertz CT molecular complexity index is 1280. The maximum absolute atomic E-state index is 13.4. The zero-order valence-electron chi connectivity index (χ0n) is 23.6. The number of nitrogens with zero attached hydrogens (tertiary/aromatic N) is 2. The Labute approximate surface area is 240 Å². The number of amides is 3. The van der Waals surface area contributed by atoms with Gasteiger partial charge in [-0.2, -0.15) is 0 Å². The molecule has 3 rings (SSSR count). The van der Waals surface area contributed by atoms with Crippen LogP contribution < -0.4 is 32.6 Å². The van der Waals surface area contributed by atoms with Crippen LogP contribution in [0.4, 0.5) is 5.69 Å². The zero-order valence-corrected chi connectivity index (χ0v) is 23.6. The number of aromatic nitrogens is 1. The first-order chi connectivity index (χ1) is 19.8. The highest BCUT2D eigenvalue weighted by Gasteiger charge is 2.27. The van der Waals surface area contributed by atoms with Crippen molar-refractivity contribution in [3.05, 3.63) is 66.4 Å². The fraction of sp³-hybridized carbons (Fsp3) is 0.400. The summed E-state index contributed by atoms with van der Waals surface area (Å²) in [7, 11) is 0. The summed E-state index contributed by atoms with van der Waals surface area (Å²) >= 11 is 0. The van der Waals surface area contributed by atoms with E-state index in [9.17, 15) is 14.4 Å². The van der Waals surface area contributed by atoms with E-state index in [1.54, 1.807) is 6.20 Å². The minimum atomic E-state index is -1.16. The number of anilines is 1. The van der Waals surface area contributed by atoms with Crippen LogP contribution in [0.15, 0.2) is 60.8 Å². The van der Waals surface area contributed by atoms with Gasteiger partial charge in [0, 0.05) is 38.0 Å². The first kappa shape index (κ1) is 31.5. The second-order valence-corrected chi connectivity index (χ2v) is 9.79. The molecule has 0 aliphatic carbocycles. The highest BCUT2D eigenvalue weighted by Crippen LogP contribution is 2.18. The van der Waals surface area contributed by atoms with Crippen LogP contribution in [0.2, 0.25) is 0 Å². The van der Waals surface area contributed by atoms with Crippen molar-refractivity contribution in [2.24, 2.45) is 17.2 Å². The molecule has 0 fully saturated rings. The highest BCUT2D eigenvalue weighted by atomic mass is 16.5. The van der Waals surface area contributed by atoms with Crippen LogP contribution in [0.3, 0.4) is 0 Å². The van der Waals surface area contributed by atoms with E-state index in [4.69, 9.17) is 21.9 Å². The molecule has 2 aromatic carbocycles. The number of ether oxygens (including phenoxy) is 1. The van der Waals surface area contributed by atoms with Crippen LogP contribution in [0, 0.1) is 0 Å². The molecule has 2 atom stereocenters. The third-order valence-corrected chi connectivity index (χ3v) is 6.50. The fourth-order valence-electron chi connectivity index (χ4n) is 4.23. The summed E-state index contributed by atoms with van der Waals surface area (Å²) in [4.78, 5) is 45.1. The van der Waals surface area contributed by atoms with Crippen molar-refractivity contribution in [3.63, 3.8) is 0 Å². The summed E-state index contributed by atoms with van der Waals surface area (Å²) in [5.41, 5.74) is 19.4. The van der Waals surface area contributed by atoms with Crippen LogP contribution in [-0.4, -0.2) is 72.5 Å². The molecule has 0 radical (unpaired) electrons. The van der Waals surface area contributed by atoms with E-state index in [1.165, 1.54) is 4.90 Å². The van der Waals surface area contributed by atoms with Gasteiger partial charge >= 0.3 is 0 Å². The van der Waals surface area contributed by atoms with Gasteiger partial charge in [-0.05, 0) is 36.2 Å². The first-order valence-corrected chi connectivity index (χ1v) is 14.0. The van der Waals surface area contributed by atoms with Crippen LogP contribution in [0.5, 0.6) is 5.75 Å². The molecule has 11 nitrogen and oxygen atoms in total. The van der Waals surface area contributed by atoms with E-state index in [1.807, 2.05) is 54.6 Å². The minimum Gasteiger partial charge on any atom is -0.494 e. The van der Waals surface area contributed by atoms with Gasteiger partial charge in [0.2, 0.25) is 17.7 Å². The highest BCUT2D eigenvalue weighted by molar-refractivity contribution is 5.99. The molecule has 220 valence electrons. The number of carbonyl (C=O) groups is 3. The maximum atomic E-state index is 13.4. The van der Waals surface area contributed by atoms with Crippen LogP contribution >= 0.6 is 0 Å². The van der Waals surface area contributed by atoms with Gasteiger partial charge in [-0.15, -0.1) is 0 Å². The SMILES string of the molecule is CCCCOc1ccc(C[C@H](NC(=O)[C@@H](N)CC(=O)N(CCN)CCN)C(=O)Nc2cnc3ccccc3c2)cc1. The van der Waals surface area contributed by atoms with Crippen molar-refractivity contribution in [2.45, 2.75) is 44.7 Å². The predicted molar refractivity (Wildman–Crippen MR) is 160 cm³/mol. The molecule has 0 saturated carbocycles. The Morgan fingerprint density at radius 2 is 1.71 bits per heavy atom. The lowest BCUT2D eigenvalue weighted by molar-refractivity contribution is -0.134. The lowest BCUT2D eigenvalue weighted by atomic mass is 10.0. The number of hydrogen-bond acceptors (Lipinski definition) is 8. The lowest BCUT2D eigenvalue weighted by Crippen LogP contribution is -2.52. The van der Waals surface area contributed by atoms with E-state index in [0.717, 1.165) is 35.1 Å². The third kappa shape index (κ3) is 9.82. The molecule has 0 spiro atoms. The number of hydrogen-bond donors (Lipinski definition) is 5. The summed E-state index contributed by atoms with van der Waals surface area (Å²) in [5, 5.41) is 6.46. The van der Waals surface area contributed by atoms with E-state index in [-0.39, 0.29) is 31.8 Å². The summed E-state index contributed by atoms with van der Waals surface area (Å²) < 4.78 is 5.73. The molecule has 0 unspecified atom stereocenters. The molecular formula is C30H41N7O4. The molecule has 1 heterocycles. The van der Waals surface area contributed by atoms with Crippen LogP contribution in [0.1, 0.15) is 31.7 Å². The Morgan fingerprint density at radius 3 is 2.39 bits per heavy atom. The standard InChI is InChI=1S/C30H41N7O4/c1-2-3-16-41-24-10-8-21(9-11-24)17-27(30(40)35-23-18-22-6-4-5-7-26(22)34-20-23)36-29(39)25(33)19-28(38)37(14-12-31)15-13-32/h4-11,18,20,25,27H,2-3,12-17,19,31-33H2,1H3,(H,35,40)(H,36,39)/t25-,27-/m0/s1. The Morgan fingerprint density at radius 1 is 1.00 bits per heavy atom. The number of fused-ring (bicyclic) bond motifs is 1. The molecule has 8 N–H and O–H groups in total. The second kappa shape index (κ2) is 16.3. The average molecular weight is 564 g/mol. The number of para-hydroxylation sites is 1. The Hall–Kier alpha value is -4.06. The topological polar surface area (TPSA) is 179 Å². The fourth-order valence-corrected chi connectivity index (χ4v) is 4.23.